The molecule has 5 heteroatoms. The highest BCUT2D eigenvalue weighted by molar-refractivity contribution is 5.92. The maximum Gasteiger partial charge on any atom is 0.128 e. The number of aromatic amines is 1. The van der Waals surface area contributed by atoms with E-state index in [-0.39, 0.29) is 5.83 Å². The highest BCUT2D eigenvalue weighted by atomic mass is 19.1. The number of benzene rings is 1. The van der Waals surface area contributed by atoms with Crippen LogP contribution >= 0.6 is 0 Å². The standard InChI is InChI=1S/C25H34FN3O/c1-6-23(26)22(15-17(2)30-5)25-18(3)21-16-20(7-8-24(21)28-25)19-9-12-29(13-10-19)14-11-27-4/h6-8,15-16,19,27-28H,2,9-14H2,1,3-5H3/b22-15+,23-6+. The third-order valence-corrected chi connectivity index (χ3v) is 6.17. The van der Waals surface area contributed by atoms with Crippen molar-refractivity contribution in [3.8, 4) is 0 Å². The van der Waals surface area contributed by atoms with E-state index in [0.29, 0.717) is 17.3 Å². The third kappa shape index (κ3) is 4.85. The number of nitrogens with zero attached hydrogens (tertiary/aromatic N) is 1. The van der Waals surface area contributed by atoms with Crippen molar-refractivity contribution in [2.24, 2.45) is 0 Å². The first-order valence-electron chi connectivity index (χ1n) is 10.7. The van der Waals surface area contributed by atoms with Gasteiger partial charge in [0, 0.05) is 29.6 Å². The Morgan fingerprint density at radius 1 is 1.37 bits per heavy atom. The average molecular weight is 412 g/mol. The van der Waals surface area contributed by atoms with Gasteiger partial charge in [0.05, 0.1) is 12.8 Å². The molecule has 0 spiro atoms. The van der Waals surface area contributed by atoms with E-state index >= 15 is 0 Å². The summed E-state index contributed by atoms with van der Waals surface area (Å²) >= 11 is 0. The van der Waals surface area contributed by atoms with Crippen LogP contribution in [0.2, 0.25) is 0 Å². The molecule has 0 radical (unpaired) electrons. The minimum atomic E-state index is -0.294. The summed E-state index contributed by atoms with van der Waals surface area (Å²) in [4.78, 5) is 5.94. The topological polar surface area (TPSA) is 40.3 Å². The number of methoxy groups -OCH3 is 1. The fourth-order valence-corrected chi connectivity index (χ4v) is 4.26. The number of H-pyrrole nitrogens is 1. The molecule has 1 aromatic carbocycles. The molecule has 0 atom stereocenters. The number of allylic oxidation sites excluding steroid dienone is 4. The molecular weight excluding hydrogens is 377 g/mol. The zero-order valence-corrected chi connectivity index (χ0v) is 18.6. The number of likely N-dealkylation sites (N-methyl/N-ethyl adjacent to an activating group) is 1. The highest BCUT2D eigenvalue weighted by Crippen LogP contribution is 2.35. The van der Waals surface area contributed by atoms with Gasteiger partial charge in [-0.1, -0.05) is 18.7 Å². The molecule has 1 fully saturated rings. The van der Waals surface area contributed by atoms with Crippen LogP contribution in [0.1, 0.15) is 42.5 Å². The van der Waals surface area contributed by atoms with Crippen LogP contribution in [0.4, 0.5) is 4.39 Å². The van der Waals surface area contributed by atoms with Crippen molar-refractivity contribution >= 4 is 16.5 Å². The molecule has 4 nitrogen and oxygen atoms in total. The van der Waals surface area contributed by atoms with Crippen molar-refractivity contribution in [1.29, 1.82) is 0 Å². The van der Waals surface area contributed by atoms with Gasteiger partial charge in [0.1, 0.15) is 11.6 Å². The first-order chi connectivity index (χ1) is 14.5. The largest absolute Gasteiger partial charge is 0.497 e. The van der Waals surface area contributed by atoms with Crippen molar-refractivity contribution in [2.75, 3.05) is 40.3 Å². The normalized spacial score (nSPS) is 17.0. The molecule has 2 aromatic rings. The predicted octanol–water partition coefficient (Wildman–Crippen LogP) is 5.29. The quantitative estimate of drug-likeness (QED) is 0.458. The Kier molecular flexibility index (Phi) is 7.51. The molecule has 1 aliphatic rings. The summed E-state index contributed by atoms with van der Waals surface area (Å²) in [5.41, 5.74) is 4.69. The lowest BCUT2D eigenvalue weighted by atomic mass is 9.88. The van der Waals surface area contributed by atoms with Crippen LogP contribution in [0.3, 0.4) is 0 Å². The molecule has 1 aliphatic heterocycles. The van der Waals surface area contributed by atoms with E-state index in [1.165, 1.54) is 24.5 Å². The van der Waals surface area contributed by atoms with Crippen molar-refractivity contribution in [1.82, 2.24) is 15.2 Å². The minimum absolute atomic E-state index is 0.294. The summed E-state index contributed by atoms with van der Waals surface area (Å²) in [6, 6.07) is 6.64. The number of likely N-dealkylation sites (tertiary alicyclic amines) is 1. The van der Waals surface area contributed by atoms with Crippen molar-refractivity contribution < 1.29 is 9.13 Å². The summed E-state index contributed by atoms with van der Waals surface area (Å²) in [6.45, 7) is 12.0. The Balaban J connectivity index is 1.89. The number of piperidine rings is 1. The molecule has 2 N–H and O–H groups in total. The number of aromatic nitrogens is 1. The number of aryl methyl sites for hydroxylation is 1. The predicted molar refractivity (Wildman–Crippen MR) is 124 cm³/mol. The van der Waals surface area contributed by atoms with Crippen LogP contribution in [-0.4, -0.2) is 50.2 Å². The fraction of sp³-hybridized carbons (Fsp3) is 0.440. The van der Waals surface area contributed by atoms with Crippen LogP contribution in [0.25, 0.3) is 16.5 Å². The van der Waals surface area contributed by atoms with Gasteiger partial charge in [0.25, 0.3) is 0 Å². The number of ether oxygens (including phenoxy) is 1. The van der Waals surface area contributed by atoms with Gasteiger partial charge in [0.15, 0.2) is 0 Å². The summed E-state index contributed by atoms with van der Waals surface area (Å²) in [5.74, 6) is 0.705. The van der Waals surface area contributed by atoms with Crippen LogP contribution in [-0.2, 0) is 4.74 Å². The Bertz CT molecular complexity index is 949. The Morgan fingerprint density at radius 2 is 2.10 bits per heavy atom. The van der Waals surface area contributed by atoms with E-state index < -0.39 is 0 Å². The molecule has 30 heavy (non-hydrogen) atoms. The second-order valence-electron chi connectivity index (χ2n) is 8.01. The molecule has 0 aliphatic carbocycles. The van der Waals surface area contributed by atoms with Gasteiger partial charge in [-0.05, 0) is 82.1 Å². The SMILES string of the molecule is C=C(/C=C(\C(F)=C/C)c1[nH]c2ccc(C3CCN(CCNC)CC3)cc2c1C)OC. The molecule has 3 rings (SSSR count). The lowest BCUT2D eigenvalue weighted by molar-refractivity contribution is 0.214. The smallest absolute Gasteiger partial charge is 0.128 e. The Labute approximate surface area is 179 Å². The zero-order valence-electron chi connectivity index (χ0n) is 18.6. The van der Waals surface area contributed by atoms with E-state index in [1.807, 2.05) is 14.0 Å². The second kappa shape index (κ2) is 10.1. The average Bonchev–Trinajstić information content (AvgIpc) is 3.11. The second-order valence-corrected chi connectivity index (χ2v) is 8.01. The first-order valence-corrected chi connectivity index (χ1v) is 10.7. The maximum absolute atomic E-state index is 14.6. The van der Waals surface area contributed by atoms with Crippen molar-refractivity contribution in [3.63, 3.8) is 0 Å². The van der Waals surface area contributed by atoms with Gasteiger partial charge in [-0.25, -0.2) is 4.39 Å². The molecule has 1 saturated heterocycles. The molecular formula is C25H34FN3O. The summed E-state index contributed by atoms with van der Waals surface area (Å²) in [6.07, 6.45) is 5.47. The summed E-state index contributed by atoms with van der Waals surface area (Å²) in [5, 5.41) is 4.38. The number of nitrogens with one attached hydrogen (secondary N) is 2. The number of hydrogen-bond acceptors (Lipinski definition) is 3. The molecule has 0 saturated carbocycles. The Morgan fingerprint density at radius 3 is 2.73 bits per heavy atom. The van der Waals surface area contributed by atoms with Gasteiger partial charge in [-0.2, -0.15) is 0 Å². The third-order valence-electron chi connectivity index (χ3n) is 6.17. The summed E-state index contributed by atoms with van der Waals surface area (Å²) < 4.78 is 19.8. The van der Waals surface area contributed by atoms with E-state index in [4.69, 9.17) is 4.74 Å². The lowest BCUT2D eigenvalue weighted by Crippen LogP contribution is -2.37. The first kappa shape index (κ1) is 22.3. The van der Waals surface area contributed by atoms with E-state index in [1.54, 1.807) is 20.1 Å². The fourth-order valence-electron chi connectivity index (χ4n) is 4.26. The van der Waals surface area contributed by atoms with E-state index in [0.717, 1.165) is 48.3 Å². The van der Waals surface area contributed by atoms with Crippen LogP contribution < -0.4 is 5.32 Å². The van der Waals surface area contributed by atoms with E-state index in [9.17, 15) is 4.39 Å². The molecule has 2 heterocycles. The number of hydrogen-bond donors (Lipinski definition) is 2. The monoisotopic (exact) mass is 411 g/mol. The summed E-state index contributed by atoms with van der Waals surface area (Å²) in [7, 11) is 3.54. The van der Waals surface area contributed by atoms with Gasteiger partial charge < -0.3 is 19.9 Å². The van der Waals surface area contributed by atoms with Gasteiger partial charge in [-0.15, -0.1) is 0 Å². The lowest BCUT2D eigenvalue weighted by Gasteiger charge is -2.32. The number of rotatable bonds is 8. The van der Waals surface area contributed by atoms with Crippen LogP contribution in [0.5, 0.6) is 0 Å². The number of fused-ring (bicyclic) bond motifs is 1. The van der Waals surface area contributed by atoms with Crippen LogP contribution in [0, 0.1) is 6.92 Å². The van der Waals surface area contributed by atoms with Gasteiger partial charge in [0.2, 0.25) is 0 Å². The Hall–Kier alpha value is -2.37. The maximum atomic E-state index is 14.6. The number of halogens is 1. The minimum Gasteiger partial charge on any atom is -0.497 e. The van der Waals surface area contributed by atoms with Gasteiger partial charge in [-0.3, -0.25) is 0 Å². The van der Waals surface area contributed by atoms with E-state index in [2.05, 4.69) is 40.0 Å². The van der Waals surface area contributed by atoms with Gasteiger partial charge >= 0.3 is 0 Å². The molecule has 0 unspecified atom stereocenters. The molecule has 0 bridgehead atoms. The molecule has 162 valence electrons. The molecule has 0 amide bonds. The highest BCUT2D eigenvalue weighted by Gasteiger charge is 2.22. The van der Waals surface area contributed by atoms with Crippen molar-refractivity contribution in [3.05, 3.63) is 65.3 Å². The molecule has 1 aromatic heterocycles. The van der Waals surface area contributed by atoms with Crippen molar-refractivity contribution in [2.45, 2.75) is 32.6 Å². The van der Waals surface area contributed by atoms with Crippen LogP contribution in [0.15, 0.2) is 48.5 Å². The zero-order chi connectivity index (χ0) is 21.7.